The molecule has 132 valence electrons. The van der Waals surface area contributed by atoms with Gasteiger partial charge in [-0.3, -0.25) is 14.5 Å². The number of nitrogens with zero attached hydrogens (tertiary/aromatic N) is 1. The molecule has 2 aromatic rings. The van der Waals surface area contributed by atoms with Crippen LogP contribution in [0.3, 0.4) is 0 Å². The first-order chi connectivity index (χ1) is 12.6. The molecule has 1 saturated heterocycles. The van der Waals surface area contributed by atoms with Crippen LogP contribution >= 0.6 is 0 Å². The molecule has 0 aromatic heterocycles. The summed E-state index contributed by atoms with van der Waals surface area (Å²) in [5.41, 5.74) is 2.06. The van der Waals surface area contributed by atoms with E-state index in [0.717, 1.165) is 5.56 Å². The van der Waals surface area contributed by atoms with E-state index in [0.29, 0.717) is 24.1 Å². The fraction of sp³-hybridized carbons (Fsp3) is 0.250. The van der Waals surface area contributed by atoms with E-state index in [1.807, 2.05) is 30.3 Å². The lowest BCUT2D eigenvalue weighted by Crippen LogP contribution is -2.46. The van der Waals surface area contributed by atoms with Crippen LogP contribution < -0.4 is 5.32 Å². The number of nitrogens with one attached hydrogen (secondary N) is 1. The minimum absolute atomic E-state index is 0.181. The first kappa shape index (κ1) is 16.3. The zero-order valence-electron chi connectivity index (χ0n) is 14.1. The van der Waals surface area contributed by atoms with E-state index >= 15 is 0 Å². The summed E-state index contributed by atoms with van der Waals surface area (Å²) in [6, 6.07) is 15.9. The quantitative estimate of drug-likeness (QED) is 0.858. The number of carbonyl (C=O) groups excluding carboxylic acids is 3. The molecule has 0 aliphatic carbocycles. The van der Waals surface area contributed by atoms with Crippen molar-refractivity contribution in [1.29, 1.82) is 0 Å². The van der Waals surface area contributed by atoms with Gasteiger partial charge < -0.3 is 10.1 Å². The lowest BCUT2D eigenvalue weighted by Gasteiger charge is -2.29. The number of hydrogen-bond donors (Lipinski definition) is 1. The van der Waals surface area contributed by atoms with Gasteiger partial charge in [-0.05, 0) is 18.1 Å². The van der Waals surface area contributed by atoms with Gasteiger partial charge in [0.05, 0.1) is 5.56 Å². The highest BCUT2D eigenvalue weighted by Crippen LogP contribution is 2.38. The van der Waals surface area contributed by atoms with Crippen LogP contribution in [0.1, 0.15) is 40.6 Å². The number of likely N-dealkylation sites (tertiary alicyclic amines) is 1. The molecule has 0 radical (unpaired) electrons. The summed E-state index contributed by atoms with van der Waals surface area (Å²) in [5, 5.41) is 2.88. The fourth-order valence-corrected chi connectivity index (χ4v) is 3.49. The van der Waals surface area contributed by atoms with E-state index in [9.17, 15) is 14.4 Å². The highest BCUT2D eigenvalue weighted by atomic mass is 16.6. The number of hydrogen-bond acceptors (Lipinski definition) is 4. The van der Waals surface area contributed by atoms with Crippen molar-refractivity contribution in [2.45, 2.75) is 31.7 Å². The summed E-state index contributed by atoms with van der Waals surface area (Å²) in [4.78, 5) is 38.6. The van der Waals surface area contributed by atoms with Gasteiger partial charge >= 0.3 is 5.97 Å². The van der Waals surface area contributed by atoms with Crippen molar-refractivity contribution in [3.8, 4) is 0 Å². The third kappa shape index (κ3) is 2.83. The molecule has 2 aliphatic heterocycles. The van der Waals surface area contributed by atoms with E-state index in [2.05, 4.69) is 5.32 Å². The molecule has 2 aliphatic rings. The van der Waals surface area contributed by atoms with Crippen molar-refractivity contribution in [3.63, 3.8) is 0 Å². The molecule has 6 nitrogen and oxygen atoms in total. The van der Waals surface area contributed by atoms with Crippen LogP contribution in [0.5, 0.6) is 0 Å². The second-order valence-electron chi connectivity index (χ2n) is 6.40. The van der Waals surface area contributed by atoms with Gasteiger partial charge in [0.25, 0.3) is 0 Å². The summed E-state index contributed by atoms with van der Waals surface area (Å²) in [5.74, 6) is -0.881. The predicted octanol–water partition coefficient (Wildman–Crippen LogP) is 2.16. The molecular formula is C20H18N2O4. The van der Waals surface area contributed by atoms with Gasteiger partial charge in [0, 0.05) is 18.5 Å². The van der Waals surface area contributed by atoms with Crippen molar-refractivity contribution < 1.29 is 19.1 Å². The minimum atomic E-state index is -0.832. The van der Waals surface area contributed by atoms with Crippen LogP contribution in [0.2, 0.25) is 0 Å². The molecule has 2 heterocycles. The maximum atomic E-state index is 12.7. The number of amides is 2. The van der Waals surface area contributed by atoms with Gasteiger partial charge in [0.2, 0.25) is 18.0 Å². The molecule has 2 amide bonds. The summed E-state index contributed by atoms with van der Waals surface area (Å²) in [7, 11) is 0. The van der Waals surface area contributed by atoms with E-state index < -0.39 is 18.2 Å². The second-order valence-corrected chi connectivity index (χ2v) is 6.40. The van der Waals surface area contributed by atoms with Gasteiger partial charge in [0.15, 0.2) is 0 Å². The number of ether oxygens (including phenoxy) is 1. The van der Waals surface area contributed by atoms with Gasteiger partial charge in [0.1, 0.15) is 6.04 Å². The van der Waals surface area contributed by atoms with Crippen molar-refractivity contribution in [3.05, 3.63) is 71.3 Å². The molecule has 0 saturated carbocycles. The van der Waals surface area contributed by atoms with E-state index in [-0.39, 0.29) is 18.2 Å². The highest BCUT2D eigenvalue weighted by Gasteiger charge is 2.46. The first-order valence-corrected chi connectivity index (χ1v) is 8.58. The largest absolute Gasteiger partial charge is 0.433 e. The highest BCUT2D eigenvalue weighted by molar-refractivity contribution is 5.96. The zero-order chi connectivity index (χ0) is 18.1. The average molecular weight is 350 g/mol. The standard InChI is InChI=1S/C20H18N2O4/c23-17-11-10-16(18(24)21-12-13-6-2-1-3-7-13)22(17)19-14-8-4-5-9-15(14)20(25)26-19/h1-9,16,19H,10-12H2,(H,21,24)/t16-,19+/m1/s1. The summed E-state index contributed by atoms with van der Waals surface area (Å²) >= 11 is 0. The summed E-state index contributed by atoms with van der Waals surface area (Å²) in [6.07, 6.45) is -0.156. The van der Waals surface area contributed by atoms with E-state index in [1.165, 1.54) is 4.90 Å². The number of esters is 1. The molecule has 6 heteroatoms. The summed E-state index contributed by atoms with van der Waals surface area (Å²) < 4.78 is 5.42. The first-order valence-electron chi connectivity index (χ1n) is 8.58. The molecule has 0 spiro atoms. The number of rotatable bonds is 4. The van der Waals surface area contributed by atoms with Crippen molar-refractivity contribution >= 4 is 17.8 Å². The Morgan fingerprint density at radius 1 is 1.08 bits per heavy atom. The Morgan fingerprint density at radius 3 is 2.62 bits per heavy atom. The maximum Gasteiger partial charge on any atom is 0.340 e. The molecule has 26 heavy (non-hydrogen) atoms. The second kappa shape index (κ2) is 6.63. The Kier molecular flexibility index (Phi) is 4.16. The third-order valence-corrected chi connectivity index (χ3v) is 4.79. The lowest BCUT2D eigenvalue weighted by atomic mass is 10.1. The van der Waals surface area contributed by atoms with Crippen molar-refractivity contribution in [2.24, 2.45) is 0 Å². The Balaban J connectivity index is 1.53. The minimum Gasteiger partial charge on any atom is -0.433 e. The Bertz CT molecular complexity index is 865. The number of cyclic esters (lactones) is 1. The van der Waals surface area contributed by atoms with E-state index in [1.54, 1.807) is 24.3 Å². The predicted molar refractivity (Wildman–Crippen MR) is 92.8 cm³/mol. The van der Waals surface area contributed by atoms with Crippen LogP contribution in [0.25, 0.3) is 0 Å². The van der Waals surface area contributed by atoms with Crippen LogP contribution in [0.4, 0.5) is 0 Å². The van der Waals surface area contributed by atoms with Crippen LogP contribution in [0.15, 0.2) is 54.6 Å². The smallest absolute Gasteiger partial charge is 0.340 e. The Morgan fingerprint density at radius 2 is 1.81 bits per heavy atom. The van der Waals surface area contributed by atoms with Gasteiger partial charge in [-0.25, -0.2) is 4.79 Å². The van der Waals surface area contributed by atoms with Crippen LogP contribution in [-0.4, -0.2) is 28.7 Å². The Labute approximate surface area is 150 Å². The Hall–Kier alpha value is -3.15. The van der Waals surface area contributed by atoms with Crippen LogP contribution in [0, 0.1) is 0 Å². The SMILES string of the molecule is O=C1O[C@H](N2C(=O)CC[C@@H]2C(=O)NCc2ccccc2)c2ccccc21. The van der Waals surface area contributed by atoms with Crippen molar-refractivity contribution in [2.75, 3.05) is 0 Å². The van der Waals surface area contributed by atoms with E-state index in [4.69, 9.17) is 4.74 Å². The van der Waals surface area contributed by atoms with Gasteiger partial charge in [-0.15, -0.1) is 0 Å². The number of carbonyl (C=O) groups is 3. The molecule has 2 atom stereocenters. The maximum absolute atomic E-state index is 12.7. The zero-order valence-corrected chi connectivity index (χ0v) is 14.1. The van der Waals surface area contributed by atoms with Crippen molar-refractivity contribution in [1.82, 2.24) is 10.2 Å². The molecule has 1 fully saturated rings. The van der Waals surface area contributed by atoms with Crippen LogP contribution in [-0.2, 0) is 20.9 Å². The molecule has 1 N–H and O–H groups in total. The third-order valence-electron chi connectivity index (χ3n) is 4.79. The fourth-order valence-electron chi connectivity index (χ4n) is 3.49. The number of fused-ring (bicyclic) bond motifs is 1. The molecule has 4 rings (SSSR count). The lowest BCUT2D eigenvalue weighted by molar-refractivity contribution is -0.145. The van der Waals surface area contributed by atoms with Gasteiger partial charge in [-0.1, -0.05) is 48.5 Å². The number of benzene rings is 2. The molecular weight excluding hydrogens is 332 g/mol. The molecule has 0 unspecified atom stereocenters. The normalized spacial score (nSPS) is 21.5. The van der Waals surface area contributed by atoms with Gasteiger partial charge in [-0.2, -0.15) is 0 Å². The summed E-state index contributed by atoms with van der Waals surface area (Å²) in [6.45, 7) is 0.388. The monoisotopic (exact) mass is 350 g/mol. The molecule has 2 aromatic carbocycles. The average Bonchev–Trinajstić information content (AvgIpc) is 3.21. The topological polar surface area (TPSA) is 75.7 Å². The molecule has 0 bridgehead atoms.